The molecular formula is C23H36ClN3O5. The lowest BCUT2D eigenvalue weighted by Crippen LogP contribution is -2.55. The number of nitrogens with two attached hydrogens (primary N) is 1. The van der Waals surface area contributed by atoms with Crippen molar-refractivity contribution >= 4 is 29.4 Å². The maximum atomic E-state index is 13.0. The van der Waals surface area contributed by atoms with Gasteiger partial charge in [0.2, 0.25) is 5.91 Å². The second kappa shape index (κ2) is 12.6. The summed E-state index contributed by atoms with van der Waals surface area (Å²) in [6.07, 6.45) is 0.581. The third-order valence-corrected chi connectivity index (χ3v) is 5.72. The summed E-state index contributed by atoms with van der Waals surface area (Å²) >= 11 is 6.09. The SMILES string of the molecule is CC[C@H](C)[C@H](NC(=O)[C@@H](NC(=O)c1cc(Cl)ccc1OC[C@H](N)C(C)C)C(C)C)C(=O)O. The number of nitrogens with one attached hydrogen (secondary N) is 2. The van der Waals surface area contributed by atoms with Crippen LogP contribution in [0.2, 0.25) is 5.02 Å². The van der Waals surface area contributed by atoms with Crippen molar-refractivity contribution in [2.75, 3.05) is 6.61 Å². The van der Waals surface area contributed by atoms with Gasteiger partial charge < -0.3 is 26.2 Å². The van der Waals surface area contributed by atoms with E-state index in [1.54, 1.807) is 32.9 Å². The van der Waals surface area contributed by atoms with Crippen molar-refractivity contribution in [1.29, 1.82) is 0 Å². The third kappa shape index (κ3) is 7.98. The number of carboxylic acids is 1. The highest BCUT2D eigenvalue weighted by Crippen LogP contribution is 2.24. The standard InChI is InChI=1S/C23H36ClN3O5/c1-7-14(6)20(23(30)31)27-22(29)19(13(4)5)26-21(28)16-10-15(24)8-9-18(16)32-11-17(25)12(2)3/h8-10,12-14,17,19-20H,7,11,25H2,1-6H3,(H,26,28)(H,27,29)(H,30,31)/t14-,17-,19-,20-/m0/s1. The van der Waals surface area contributed by atoms with Gasteiger partial charge in [0.05, 0.1) is 5.56 Å². The van der Waals surface area contributed by atoms with E-state index < -0.39 is 29.9 Å². The highest BCUT2D eigenvalue weighted by molar-refractivity contribution is 6.31. The van der Waals surface area contributed by atoms with E-state index in [-0.39, 0.29) is 36.0 Å². The van der Waals surface area contributed by atoms with Crippen molar-refractivity contribution in [1.82, 2.24) is 10.6 Å². The zero-order valence-electron chi connectivity index (χ0n) is 19.6. The summed E-state index contributed by atoms with van der Waals surface area (Å²) < 4.78 is 5.76. The predicted octanol–water partition coefficient (Wildman–Crippen LogP) is 3.07. The maximum Gasteiger partial charge on any atom is 0.326 e. The summed E-state index contributed by atoms with van der Waals surface area (Å²) in [5, 5.41) is 15.1. The number of hydrogen-bond donors (Lipinski definition) is 4. The number of hydrogen-bond acceptors (Lipinski definition) is 5. The first-order chi connectivity index (χ1) is 14.9. The Morgan fingerprint density at radius 2 is 1.69 bits per heavy atom. The summed E-state index contributed by atoms with van der Waals surface area (Å²) in [7, 11) is 0. The fourth-order valence-electron chi connectivity index (χ4n) is 2.86. The molecule has 0 aliphatic rings. The minimum atomic E-state index is -1.12. The number of benzene rings is 1. The maximum absolute atomic E-state index is 13.0. The van der Waals surface area contributed by atoms with Gasteiger partial charge in [0.1, 0.15) is 24.4 Å². The molecule has 5 N–H and O–H groups in total. The number of halogens is 1. The minimum Gasteiger partial charge on any atom is -0.491 e. The first kappa shape index (κ1) is 27.7. The molecule has 0 aliphatic heterocycles. The van der Waals surface area contributed by atoms with Crippen molar-refractivity contribution in [2.24, 2.45) is 23.5 Å². The number of carboxylic acid groups (broad SMARTS) is 1. The lowest BCUT2D eigenvalue weighted by atomic mass is 9.97. The van der Waals surface area contributed by atoms with Gasteiger partial charge in [0.15, 0.2) is 0 Å². The molecule has 32 heavy (non-hydrogen) atoms. The van der Waals surface area contributed by atoms with Gasteiger partial charge >= 0.3 is 5.97 Å². The first-order valence-corrected chi connectivity index (χ1v) is 11.3. The van der Waals surface area contributed by atoms with Gasteiger partial charge in [-0.25, -0.2) is 4.79 Å². The molecule has 1 aromatic rings. The Labute approximate surface area is 195 Å². The molecule has 8 nitrogen and oxygen atoms in total. The monoisotopic (exact) mass is 469 g/mol. The van der Waals surface area contributed by atoms with Crippen LogP contribution in [0.4, 0.5) is 0 Å². The second-order valence-electron chi connectivity index (χ2n) is 8.76. The molecule has 9 heteroatoms. The summed E-state index contributed by atoms with van der Waals surface area (Å²) in [5.74, 6) is -2.29. The van der Waals surface area contributed by atoms with Crippen molar-refractivity contribution in [3.8, 4) is 5.75 Å². The minimum absolute atomic E-state index is 0.170. The van der Waals surface area contributed by atoms with E-state index in [4.69, 9.17) is 22.1 Å². The van der Waals surface area contributed by atoms with Crippen LogP contribution in [0, 0.1) is 17.8 Å². The summed E-state index contributed by atoms with van der Waals surface area (Å²) in [4.78, 5) is 37.5. The van der Waals surface area contributed by atoms with Crippen molar-refractivity contribution < 1.29 is 24.2 Å². The van der Waals surface area contributed by atoms with Gasteiger partial charge in [-0.05, 0) is 36.0 Å². The Kier molecular flexibility index (Phi) is 11.0. The van der Waals surface area contributed by atoms with E-state index in [1.807, 2.05) is 20.8 Å². The zero-order valence-corrected chi connectivity index (χ0v) is 20.4. The van der Waals surface area contributed by atoms with E-state index in [1.165, 1.54) is 6.07 Å². The Balaban J connectivity index is 3.06. The molecule has 0 unspecified atom stereocenters. The molecule has 0 spiro atoms. The summed E-state index contributed by atoms with van der Waals surface area (Å²) in [6.45, 7) is 11.3. The van der Waals surface area contributed by atoms with Crippen LogP contribution in [0.15, 0.2) is 18.2 Å². The van der Waals surface area contributed by atoms with Crippen LogP contribution in [0.1, 0.15) is 58.3 Å². The number of rotatable bonds is 12. The van der Waals surface area contributed by atoms with Crippen LogP contribution in [-0.2, 0) is 9.59 Å². The van der Waals surface area contributed by atoms with E-state index in [2.05, 4.69) is 10.6 Å². The number of ether oxygens (including phenoxy) is 1. The van der Waals surface area contributed by atoms with Gasteiger partial charge in [0, 0.05) is 11.1 Å². The van der Waals surface area contributed by atoms with Gasteiger partial charge in [-0.1, -0.05) is 59.6 Å². The average Bonchev–Trinajstić information content (AvgIpc) is 2.72. The van der Waals surface area contributed by atoms with Crippen LogP contribution in [0.25, 0.3) is 0 Å². The number of amides is 2. The van der Waals surface area contributed by atoms with Crippen molar-refractivity contribution in [3.05, 3.63) is 28.8 Å². The van der Waals surface area contributed by atoms with E-state index in [0.29, 0.717) is 17.2 Å². The molecular weight excluding hydrogens is 434 g/mol. The lowest BCUT2D eigenvalue weighted by molar-refractivity contribution is -0.143. The van der Waals surface area contributed by atoms with Crippen LogP contribution in [0.3, 0.4) is 0 Å². The molecule has 1 rings (SSSR count). The summed E-state index contributed by atoms with van der Waals surface area (Å²) in [5.41, 5.74) is 6.20. The molecule has 0 radical (unpaired) electrons. The van der Waals surface area contributed by atoms with Crippen molar-refractivity contribution in [2.45, 2.75) is 66.1 Å². The zero-order chi connectivity index (χ0) is 24.6. The van der Waals surface area contributed by atoms with Gasteiger partial charge in [-0.2, -0.15) is 0 Å². The Morgan fingerprint density at radius 1 is 1.06 bits per heavy atom. The molecule has 0 aliphatic carbocycles. The smallest absolute Gasteiger partial charge is 0.326 e. The van der Waals surface area contributed by atoms with Gasteiger partial charge in [0.25, 0.3) is 5.91 Å². The molecule has 0 saturated heterocycles. The third-order valence-electron chi connectivity index (χ3n) is 5.49. The summed E-state index contributed by atoms with van der Waals surface area (Å²) in [6, 6.07) is 2.43. The molecule has 4 atom stereocenters. The van der Waals surface area contributed by atoms with Crippen LogP contribution in [-0.4, -0.2) is 47.6 Å². The number of carbonyl (C=O) groups excluding carboxylic acids is 2. The number of carbonyl (C=O) groups is 3. The highest BCUT2D eigenvalue weighted by Gasteiger charge is 2.31. The van der Waals surface area contributed by atoms with E-state index >= 15 is 0 Å². The predicted molar refractivity (Wildman–Crippen MR) is 125 cm³/mol. The normalized spacial score (nSPS) is 15.1. The molecule has 0 fully saturated rings. The molecule has 180 valence electrons. The average molecular weight is 470 g/mol. The van der Waals surface area contributed by atoms with Crippen LogP contribution < -0.4 is 21.1 Å². The lowest BCUT2D eigenvalue weighted by Gasteiger charge is -2.26. The fraction of sp³-hybridized carbons (Fsp3) is 0.609. The molecule has 0 heterocycles. The quantitative estimate of drug-likeness (QED) is 0.372. The van der Waals surface area contributed by atoms with Crippen molar-refractivity contribution in [3.63, 3.8) is 0 Å². The van der Waals surface area contributed by atoms with Gasteiger partial charge in [-0.15, -0.1) is 0 Å². The molecule has 2 amide bonds. The molecule has 1 aromatic carbocycles. The van der Waals surface area contributed by atoms with Crippen LogP contribution in [0.5, 0.6) is 5.75 Å². The Morgan fingerprint density at radius 3 is 2.19 bits per heavy atom. The Bertz CT molecular complexity index is 800. The topological polar surface area (TPSA) is 131 Å². The Hall–Kier alpha value is -2.32. The molecule has 0 aromatic heterocycles. The fourth-order valence-corrected chi connectivity index (χ4v) is 3.04. The van der Waals surface area contributed by atoms with Gasteiger partial charge in [-0.3, -0.25) is 9.59 Å². The first-order valence-electron chi connectivity index (χ1n) is 10.9. The molecule has 0 bridgehead atoms. The van der Waals surface area contributed by atoms with E-state index in [0.717, 1.165) is 0 Å². The number of aliphatic carboxylic acids is 1. The highest BCUT2D eigenvalue weighted by atomic mass is 35.5. The molecule has 0 saturated carbocycles. The van der Waals surface area contributed by atoms with E-state index in [9.17, 15) is 19.5 Å². The largest absolute Gasteiger partial charge is 0.491 e. The van der Waals surface area contributed by atoms with Crippen LogP contribution >= 0.6 is 11.6 Å². The second-order valence-corrected chi connectivity index (χ2v) is 9.20.